The van der Waals surface area contributed by atoms with Gasteiger partial charge in [0, 0.05) is 37.2 Å². The molecule has 106 valence electrons. The predicted molar refractivity (Wildman–Crippen MR) is 85.9 cm³/mol. The van der Waals surface area contributed by atoms with E-state index in [-0.39, 0.29) is 0 Å². The molecular formula is C15H19BrN4. The molecule has 1 aromatic heterocycles. The van der Waals surface area contributed by atoms with Crippen LogP contribution in [0.3, 0.4) is 0 Å². The van der Waals surface area contributed by atoms with Crippen molar-refractivity contribution in [3.05, 3.63) is 52.4 Å². The van der Waals surface area contributed by atoms with Gasteiger partial charge in [-0.05, 0) is 24.7 Å². The van der Waals surface area contributed by atoms with Crippen molar-refractivity contribution in [1.82, 2.24) is 15.3 Å². The molecule has 5 heteroatoms. The van der Waals surface area contributed by atoms with Crippen LogP contribution in [0.25, 0.3) is 0 Å². The average Bonchev–Trinajstić information content (AvgIpc) is 2.48. The maximum absolute atomic E-state index is 4.60. The molecule has 0 aliphatic carbocycles. The Morgan fingerprint density at radius 2 is 2.05 bits per heavy atom. The summed E-state index contributed by atoms with van der Waals surface area (Å²) in [5, 5.41) is 3.11. The van der Waals surface area contributed by atoms with Crippen molar-refractivity contribution < 1.29 is 0 Å². The lowest BCUT2D eigenvalue weighted by Gasteiger charge is -2.19. The molecular weight excluding hydrogens is 316 g/mol. The normalized spacial score (nSPS) is 10.6. The summed E-state index contributed by atoms with van der Waals surface area (Å²) >= 11 is 3.58. The Kier molecular flexibility index (Phi) is 5.49. The summed E-state index contributed by atoms with van der Waals surface area (Å²) in [4.78, 5) is 11.0. The van der Waals surface area contributed by atoms with Crippen molar-refractivity contribution >= 4 is 21.7 Å². The standard InChI is InChI=1S/C15H19BrN4/c1-17-9-7-14-18-10-8-15(19-14)20(2)11-12-5-3-4-6-13(12)16/h3-6,8,10,17H,7,9,11H2,1-2H3. The topological polar surface area (TPSA) is 41.1 Å². The van der Waals surface area contributed by atoms with Gasteiger partial charge in [-0.25, -0.2) is 9.97 Å². The second-order valence-electron chi connectivity index (χ2n) is 4.63. The van der Waals surface area contributed by atoms with Gasteiger partial charge in [0.05, 0.1) is 0 Å². The first-order valence-corrected chi connectivity index (χ1v) is 7.41. The Morgan fingerprint density at radius 3 is 2.80 bits per heavy atom. The van der Waals surface area contributed by atoms with Crippen molar-refractivity contribution in [3.63, 3.8) is 0 Å². The van der Waals surface area contributed by atoms with Gasteiger partial charge in [-0.3, -0.25) is 0 Å². The molecule has 2 rings (SSSR count). The number of likely N-dealkylation sites (N-methyl/N-ethyl adjacent to an activating group) is 1. The van der Waals surface area contributed by atoms with Gasteiger partial charge in [0.15, 0.2) is 0 Å². The number of hydrogen-bond donors (Lipinski definition) is 1. The third kappa shape index (κ3) is 4.02. The SMILES string of the molecule is CNCCc1nccc(N(C)Cc2ccccc2Br)n1. The van der Waals surface area contributed by atoms with Crippen LogP contribution in [0.4, 0.5) is 5.82 Å². The van der Waals surface area contributed by atoms with Crippen molar-refractivity contribution in [3.8, 4) is 0 Å². The summed E-state index contributed by atoms with van der Waals surface area (Å²) in [7, 11) is 3.98. The number of halogens is 1. The summed E-state index contributed by atoms with van der Waals surface area (Å²) in [5.41, 5.74) is 1.24. The Hall–Kier alpha value is -1.46. The monoisotopic (exact) mass is 334 g/mol. The van der Waals surface area contributed by atoms with Crippen molar-refractivity contribution in [2.75, 3.05) is 25.5 Å². The van der Waals surface area contributed by atoms with Gasteiger partial charge in [-0.1, -0.05) is 34.1 Å². The minimum atomic E-state index is 0.809. The highest BCUT2D eigenvalue weighted by Crippen LogP contribution is 2.19. The Bertz CT molecular complexity index is 559. The minimum absolute atomic E-state index is 0.809. The molecule has 0 fully saturated rings. The second kappa shape index (κ2) is 7.36. The molecule has 0 amide bonds. The van der Waals surface area contributed by atoms with Crippen molar-refractivity contribution in [2.45, 2.75) is 13.0 Å². The first-order chi connectivity index (χ1) is 9.70. The van der Waals surface area contributed by atoms with Gasteiger partial charge < -0.3 is 10.2 Å². The highest BCUT2D eigenvalue weighted by atomic mass is 79.9. The zero-order valence-electron chi connectivity index (χ0n) is 11.8. The van der Waals surface area contributed by atoms with E-state index in [0.717, 1.165) is 35.6 Å². The van der Waals surface area contributed by atoms with E-state index in [1.165, 1.54) is 5.56 Å². The quantitative estimate of drug-likeness (QED) is 0.881. The van der Waals surface area contributed by atoms with E-state index in [9.17, 15) is 0 Å². The number of aromatic nitrogens is 2. The van der Waals surface area contributed by atoms with E-state index < -0.39 is 0 Å². The Labute approximate surface area is 128 Å². The maximum atomic E-state index is 4.60. The first-order valence-electron chi connectivity index (χ1n) is 6.62. The highest BCUT2D eigenvalue weighted by molar-refractivity contribution is 9.10. The fourth-order valence-electron chi connectivity index (χ4n) is 1.92. The molecule has 0 spiro atoms. The number of benzene rings is 1. The second-order valence-corrected chi connectivity index (χ2v) is 5.49. The lowest BCUT2D eigenvalue weighted by atomic mass is 10.2. The van der Waals surface area contributed by atoms with Crippen LogP contribution in [0.15, 0.2) is 41.0 Å². The molecule has 1 N–H and O–H groups in total. The third-order valence-electron chi connectivity index (χ3n) is 3.05. The Morgan fingerprint density at radius 1 is 1.25 bits per heavy atom. The number of nitrogens with zero attached hydrogens (tertiary/aromatic N) is 3. The molecule has 2 aromatic rings. The van der Waals surface area contributed by atoms with Crippen LogP contribution in [-0.2, 0) is 13.0 Å². The predicted octanol–water partition coefficient (Wildman–Crippen LogP) is 2.64. The largest absolute Gasteiger partial charge is 0.355 e. The number of nitrogens with one attached hydrogen (secondary N) is 1. The maximum Gasteiger partial charge on any atom is 0.132 e. The van der Waals surface area contributed by atoms with Crippen LogP contribution in [0.5, 0.6) is 0 Å². The summed E-state index contributed by atoms with van der Waals surface area (Å²) < 4.78 is 1.12. The molecule has 0 aliphatic heterocycles. The molecule has 20 heavy (non-hydrogen) atoms. The van der Waals surface area contributed by atoms with Gasteiger partial charge in [0.1, 0.15) is 11.6 Å². The van der Waals surface area contributed by atoms with Crippen molar-refractivity contribution in [2.24, 2.45) is 0 Å². The summed E-state index contributed by atoms with van der Waals surface area (Å²) in [6, 6.07) is 10.2. The molecule has 0 saturated carbocycles. The molecule has 0 radical (unpaired) electrons. The lowest BCUT2D eigenvalue weighted by molar-refractivity contribution is 0.750. The molecule has 0 atom stereocenters. The van der Waals surface area contributed by atoms with Crippen LogP contribution in [-0.4, -0.2) is 30.6 Å². The minimum Gasteiger partial charge on any atom is -0.355 e. The molecule has 0 aliphatic rings. The van der Waals surface area contributed by atoms with Gasteiger partial charge in [0.2, 0.25) is 0 Å². The van der Waals surface area contributed by atoms with Crippen LogP contribution in [0.2, 0.25) is 0 Å². The summed E-state index contributed by atoms with van der Waals surface area (Å²) in [6.07, 6.45) is 2.66. The number of anilines is 1. The fraction of sp³-hybridized carbons (Fsp3) is 0.333. The zero-order chi connectivity index (χ0) is 14.4. The number of hydrogen-bond acceptors (Lipinski definition) is 4. The average molecular weight is 335 g/mol. The highest BCUT2D eigenvalue weighted by Gasteiger charge is 2.07. The Balaban J connectivity index is 2.09. The van der Waals surface area contributed by atoms with E-state index >= 15 is 0 Å². The van der Waals surface area contributed by atoms with Crippen molar-refractivity contribution in [1.29, 1.82) is 0 Å². The van der Waals surface area contributed by atoms with Gasteiger partial charge >= 0.3 is 0 Å². The number of rotatable bonds is 6. The van der Waals surface area contributed by atoms with E-state index in [2.05, 4.69) is 48.2 Å². The van der Waals surface area contributed by atoms with Gasteiger partial charge in [-0.2, -0.15) is 0 Å². The fourth-order valence-corrected chi connectivity index (χ4v) is 2.33. The van der Waals surface area contributed by atoms with Crippen LogP contribution >= 0.6 is 15.9 Å². The first kappa shape index (κ1) is 14.9. The van der Waals surface area contributed by atoms with E-state index in [1.54, 1.807) is 0 Å². The smallest absolute Gasteiger partial charge is 0.132 e. The van der Waals surface area contributed by atoms with Crippen LogP contribution < -0.4 is 10.2 Å². The molecule has 0 bridgehead atoms. The van der Waals surface area contributed by atoms with E-state index in [1.807, 2.05) is 38.5 Å². The van der Waals surface area contributed by atoms with Crippen LogP contribution in [0.1, 0.15) is 11.4 Å². The van der Waals surface area contributed by atoms with Crippen LogP contribution in [0, 0.1) is 0 Å². The molecule has 1 heterocycles. The van der Waals surface area contributed by atoms with Gasteiger partial charge in [0.25, 0.3) is 0 Å². The summed E-state index contributed by atoms with van der Waals surface area (Å²) in [5.74, 6) is 1.82. The van der Waals surface area contributed by atoms with Gasteiger partial charge in [-0.15, -0.1) is 0 Å². The lowest BCUT2D eigenvalue weighted by Crippen LogP contribution is -2.19. The van der Waals surface area contributed by atoms with E-state index in [4.69, 9.17) is 0 Å². The zero-order valence-corrected chi connectivity index (χ0v) is 13.4. The third-order valence-corrected chi connectivity index (χ3v) is 3.82. The molecule has 1 aromatic carbocycles. The summed E-state index contributed by atoms with van der Waals surface area (Å²) in [6.45, 7) is 1.70. The van der Waals surface area contributed by atoms with E-state index in [0.29, 0.717) is 0 Å². The molecule has 0 saturated heterocycles. The molecule has 0 unspecified atom stereocenters. The molecule has 4 nitrogen and oxygen atoms in total.